The Labute approximate surface area is 151 Å². The molecule has 1 unspecified atom stereocenters. The lowest BCUT2D eigenvalue weighted by Gasteiger charge is -2.32. The number of carbonyl (C=O) groups is 1. The maximum Gasteiger partial charge on any atom is 0.243 e. The molecule has 25 heavy (non-hydrogen) atoms. The molecule has 1 atom stereocenters. The third-order valence-corrected chi connectivity index (χ3v) is 7.50. The number of nitrogens with zero attached hydrogens (tertiary/aromatic N) is 2. The summed E-state index contributed by atoms with van der Waals surface area (Å²) in [6.07, 6.45) is 5.36. The lowest BCUT2D eigenvalue weighted by Crippen LogP contribution is -2.41. The van der Waals surface area contributed by atoms with Crippen LogP contribution in [0.5, 0.6) is 0 Å². The molecule has 1 amide bonds. The summed E-state index contributed by atoms with van der Waals surface area (Å²) in [4.78, 5) is 15.0. The number of amides is 1. The van der Waals surface area contributed by atoms with Crippen molar-refractivity contribution in [2.75, 3.05) is 19.6 Å². The Kier molecular flexibility index (Phi) is 5.79. The molecule has 0 radical (unpaired) electrons. The highest BCUT2D eigenvalue weighted by Gasteiger charge is 2.32. The number of benzene rings is 1. The van der Waals surface area contributed by atoms with Gasteiger partial charge in [-0.1, -0.05) is 25.1 Å². The second-order valence-corrected chi connectivity index (χ2v) is 9.09. The predicted molar refractivity (Wildman–Crippen MR) is 97.6 cm³/mol. The van der Waals surface area contributed by atoms with Gasteiger partial charge in [0.1, 0.15) is 0 Å². The standard InChI is InChI=1S/C19H28N2O3S/c1-2-17-7-6-12-21(17)19(22)15-16-10-13-20(14-11-16)25(23,24)18-8-4-3-5-9-18/h3-5,8-9,16-17H,2,6-7,10-15H2,1H3. The fourth-order valence-electron chi connectivity index (χ4n) is 4.05. The Morgan fingerprint density at radius 2 is 1.76 bits per heavy atom. The summed E-state index contributed by atoms with van der Waals surface area (Å²) >= 11 is 0. The summed E-state index contributed by atoms with van der Waals surface area (Å²) in [5, 5.41) is 0. The van der Waals surface area contributed by atoms with Crippen LogP contribution >= 0.6 is 0 Å². The summed E-state index contributed by atoms with van der Waals surface area (Å²) in [6.45, 7) is 4.04. The molecule has 0 bridgehead atoms. The third kappa shape index (κ3) is 4.06. The zero-order valence-electron chi connectivity index (χ0n) is 14.9. The minimum absolute atomic E-state index is 0.258. The van der Waals surface area contributed by atoms with Gasteiger partial charge in [0.25, 0.3) is 0 Å². The van der Waals surface area contributed by atoms with Gasteiger partial charge >= 0.3 is 0 Å². The van der Waals surface area contributed by atoms with Crippen molar-refractivity contribution in [3.63, 3.8) is 0 Å². The fourth-order valence-corrected chi connectivity index (χ4v) is 5.54. The largest absolute Gasteiger partial charge is 0.340 e. The Hall–Kier alpha value is -1.40. The van der Waals surface area contributed by atoms with Crippen LogP contribution in [0.2, 0.25) is 0 Å². The Balaban J connectivity index is 1.54. The molecule has 1 aromatic rings. The van der Waals surface area contributed by atoms with E-state index >= 15 is 0 Å². The normalized spacial score (nSPS) is 23.1. The topological polar surface area (TPSA) is 57.7 Å². The van der Waals surface area contributed by atoms with Crippen LogP contribution in [-0.4, -0.2) is 49.2 Å². The van der Waals surface area contributed by atoms with Crippen molar-refractivity contribution in [2.45, 2.75) is 56.4 Å². The Morgan fingerprint density at radius 1 is 1.08 bits per heavy atom. The summed E-state index contributed by atoms with van der Waals surface area (Å²) in [7, 11) is -3.40. The molecule has 0 saturated carbocycles. The molecule has 138 valence electrons. The maximum absolute atomic E-state index is 12.7. The molecule has 1 aromatic carbocycles. The molecule has 2 aliphatic rings. The average molecular weight is 365 g/mol. The van der Waals surface area contributed by atoms with E-state index in [4.69, 9.17) is 0 Å². The predicted octanol–water partition coefficient (Wildman–Crippen LogP) is 2.88. The number of piperidine rings is 1. The van der Waals surface area contributed by atoms with Gasteiger partial charge in [0, 0.05) is 32.1 Å². The van der Waals surface area contributed by atoms with E-state index in [1.54, 1.807) is 28.6 Å². The molecule has 0 aromatic heterocycles. The van der Waals surface area contributed by atoms with Crippen molar-refractivity contribution in [3.05, 3.63) is 30.3 Å². The van der Waals surface area contributed by atoms with Crippen molar-refractivity contribution < 1.29 is 13.2 Å². The first-order valence-electron chi connectivity index (χ1n) is 9.37. The average Bonchev–Trinajstić information content (AvgIpc) is 3.12. The van der Waals surface area contributed by atoms with E-state index in [0.29, 0.717) is 36.4 Å². The fraction of sp³-hybridized carbons (Fsp3) is 0.632. The first-order chi connectivity index (χ1) is 12.0. The number of hydrogen-bond donors (Lipinski definition) is 0. The molecule has 0 N–H and O–H groups in total. The molecule has 2 aliphatic heterocycles. The zero-order valence-corrected chi connectivity index (χ0v) is 15.7. The van der Waals surface area contributed by atoms with E-state index in [0.717, 1.165) is 38.6 Å². The molecule has 0 spiro atoms. The number of hydrogen-bond acceptors (Lipinski definition) is 3. The van der Waals surface area contributed by atoms with Gasteiger partial charge in [-0.15, -0.1) is 0 Å². The van der Waals surface area contributed by atoms with Crippen molar-refractivity contribution >= 4 is 15.9 Å². The van der Waals surface area contributed by atoms with E-state index in [9.17, 15) is 13.2 Å². The van der Waals surface area contributed by atoms with E-state index in [1.807, 2.05) is 11.0 Å². The van der Waals surface area contributed by atoms with Crippen LogP contribution in [-0.2, 0) is 14.8 Å². The van der Waals surface area contributed by atoms with Crippen molar-refractivity contribution in [2.24, 2.45) is 5.92 Å². The van der Waals surface area contributed by atoms with Crippen LogP contribution in [0.3, 0.4) is 0 Å². The molecule has 6 heteroatoms. The summed E-state index contributed by atoms with van der Waals surface area (Å²) in [6, 6.07) is 9.01. The van der Waals surface area contributed by atoms with E-state index < -0.39 is 10.0 Å². The van der Waals surface area contributed by atoms with Gasteiger partial charge in [-0.05, 0) is 50.2 Å². The summed E-state index contributed by atoms with van der Waals surface area (Å²) < 4.78 is 26.9. The molecule has 5 nitrogen and oxygen atoms in total. The van der Waals surface area contributed by atoms with Gasteiger partial charge in [0.05, 0.1) is 4.90 Å². The van der Waals surface area contributed by atoms with E-state index in [-0.39, 0.29) is 5.91 Å². The van der Waals surface area contributed by atoms with Gasteiger partial charge < -0.3 is 4.90 Å². The highest BCUT2D eigenvalue weighted by Crippen LogP contribution is 2.28. The molecular formula is C19H28N2O3S. The molecular weight excluding hydrogens is 336 g/mol. The molecule has 0 aliphatic carbocycles. The highest BCUT2D eigenvalue weighted by molar-refractivity contribution is 7.89. The van der Waals surface area contributed by atoms with Crippen molar-refractivity contribution in [1.82, 2.24) is 9.21 Å². The van der Waals surface area contributed by atoms with Crippen LogP contribution in [0.25, 0.3) is 0 Å². The molecule has 2 heterocycles. The number of rotatable bonds is 5. The first-order valence-corrected chi connectivity index (χ1v) is 10.8. The summed E-state index contributed by atoms with van der Waals surface area (Å²) in [5.41, 5.74) is 0. The number of carbonyl (C=O) groups excluding carboxylic acids is 1. The van der Waals surface area contributed by atoms with Crippen LogP contribution in [0.4, 0.5) is 0 Å². The number of sulfonamides is 1. The highest BCUT2D eigenvalue weighted by atomic mass is 32.2. The molecule has 2 saturated heterocycles. The smallest absolute Gasteiger partial charge is 0.243 e. The van der Waals surface area contributed by atoms with Gasteiger partial charge in [-0.25, -0.2) is 8.42 Å². The minimum Gasteiger partial charge on any atom is -0.340 e. The lowest BCUT2D eigenvalue weighted by molar-refractivity contribution is -0.133. The van der Waals surface area contributed by atoms with Crippen LogP contribution in [0.1, 0.15) is 45.4 Å². The van der Waals surface area contributed by atoms with Gasteiger partial charge in [-0.3, -0.25) is 4.79 Å². The Morgan fingerprint density at radius 3 is 2.40 bits per heavy atom. The monoisotopic (exact) mass is 364 g/mol. The van der Waals surface area contributed by atoms with Gasteiger partial charge in [0.15, 0.2) is 0 Å². The first kappa shape index (κ1) is 18.4. The van der Waals surface area contributed by atoms with Crippen molar-refractivity contribution in [3.8, 4) is 0 Å². The minimum atomic E-state index is -3.40. The molecule has 3 rings (SSSR count). The van der Waals surface area contributed by atoms with Crippen LogP contribution in [0.15, 0.2) is 35.2 Å². The van der Waals surface area contributed by atoms with Gasteiger partial charge in [0.2, 0.25) is 15.9 Å². The third-order valence-electron chi connectivity index (χ3n) is 5.59. The molecule has 2 fully saturated rings. The van der Waals surface area contributed by atoms with Gasteiger partial charge in [-0.2, -0.15) is 4.31 Å². The second kappa shape index (κ2) is 7.87. The maximum atomic E-state index is 12.7. The lowest BCUT2D eigenvalue weighted by atomic mass is 9.94. The number of likely N-dealkylation sites (tertiary alicyclic amines) is 1. The second-order valence-electron chi connectivity index (χ2n) is 7.16. The SMILES string of the molecule is CCC1CCCN1C(=O)CC1CCN(S(=O)(=O)c2ccccc2)CC1. The zero-order chi connectivity index (χ0) is 17.9. The van der Waals surface area contributed by atoms with Crippen molar-refractivity contribution in [1.29, 1.82) is 0 Å². The quantitative estimate of drug-likeness (QED) is 0.807. The summed E-state index contributed by atoms with van der Waals surface area (Å²) in [5.74, 6) is 0.557. The van der Waals surface area contributed by atoms with Crippen LogP contribution < -0.4 is 0 Å². The van der Waals surface area contributed by atoms with E-state index in [1.165, 1.54) is 0 Å². The van der Waals surface area contributed by atoms with Crippen LogP contribution in [0, 0.1) is 5.92 Å². The Bertz CT molecular complexity index is 682. The van der Waals surface area contributed by atoms with E-state index in [2.05, 4.69) is 6.92 Å².